The first-order valence-corrected chi connectivity index (χ1v) is 7.89. The Labute approximate surface area is 131 Å². The van der Waals surface area contributed by atoms with E-state index >= 15 is 0 Å². The maximum atomic E-state index is 5.40. The van der Waals surface area contributed by atoms with E-state index in [1.165, 1.54) is 16.8 Å². The van der Waals surface area contributed by atoms with Gasteiger partial charge in [-0.25, -0.2) is 0 Å². The molecule has 1 fully saturated rings. The van der Waals surface area contributed by atoms with Gasteiger partial charge in [0.25, 0.3) is 0 Å². The molecular formula is C17H24N4O. The Bertz CT molecular complexity index is 587. The molecule has 1 aromatic carbocycles. The molecule has 22 heavy (non-hydrogen) atoms. The molecule has 2 heterocycles. The second-order valence-corrected chi connectivity index (χ2v) is 5.81. The van der Waals surface area contributed by atoms with Crippen LogP contribution in [0.1, 0.15) is 29.8 Å². The van der Waals surface area contributed by atoms with Gasteiger partial charge >= 0.3 is 0 Å². The summed E-state index contributed by atoms with van der Waals surface area (Å²) in [5, 5.41) is 10.6. The van der Waals surface area contributed by atoms with Gasteiger partial charge in [-0.15, -0.1) is 0 Å². The highest BCUT2D eigenvalue weighted by Gasteiger charge is 2.12. The summed E-state index contributed by atoms with van der Waals surface area (Å²) in [4.78, 5) is 2.38. The van der Waals surface area contributed by atoms with Crippen LogP contribution in [-0.4, -0.2) is 36.5 Å². The number of hydrogen-bond acceptors (Lipinski definition) is 4. The minimum atomic E-state index is 0.313. The molecule has 2 N–H and O–H groups in total. The molecule has 1 aromatic heterocycles. The lowest BCUT2D eigenvalue weighted by atomic mass is 10.1. The van der Waals surface area contributed by atoms with Crippen LogP contribution < -0.4 is 10.2 Å². The highest BCUT2D eigenvalue weighted by molar-refractivity contribution is 5.48. The van der Waals surface area contributed by atoms with Gasteiger partial charge in [-0.3, -0.25) is 5.10 Å². The third kappa shape index (κ3) is 3.48. The van der Waals surface area contributed by atoms with Crippen molar-refractivity contribution < 1.29 is 4.74 Å². The number of anilines is 1. The molecule has 0 radical (unpaired) electrons. The number of ether oxygens (including phenoxy) is 1. The summed E-state index contributed by atoms with van der Waals surface area (Å²) in [5.41, 5.74) is 4.93. The molecule has 1 atom stereocenters. The second kappa shape index (κ2) is 6.94. The molecule has 5 nitrogen and oxygen atoms in total. The molecule has 1 aliphatic rings. The van der Waals surface area contributed by atoms with Crippen LogP contribution in [0.2, 0.25) is 0 Å². The van der Waals surface area contributed by atoms with E-state index in [0.717, 1.165) is 38.5 Å². The van der Waals surface area contributed by atoms with Crippen molar-refractivity contribution in [3.63, 3.8) is 0 Å². The lowest BCUT2D eigenvalue weighted by molar-refractivity contribution is 0.122. The fourth-order valence-corrected chi connectivity index (χ4v) is 2.73. The molecule has 2 aromatic rings. The predicted octanol–water partition coefficient (Wildman–Crippen LogP) is 2.41. The number of morpholine rings is 1. The van der Waals surface area contributed by atoms with Gasteiger partial charge in [0.05, 0.1) is 19.4 Å². The normalized spacial score (nSPS) is 16.7. The minimum absolute atomic E-state index is 0.313. The summed E-state index contributed by atoms with van der Waals surface area (Å²) in [7, 11) is 0. The molecule has 5 heteroatoms. The Morgan fingerprint density at radius 3 is 2.64 bits per heavy atom. The van der Waals surface area contributed by atoms with Crippen molar-refractivity contribution >= 4 is 5.69 Å². The van der Waals surface area contributed by atoms with Gasteiger partial charge in [0.15, 0.2) is 0 Å². The predicted molar refractivity (Wildman–Crippen MR) is 88.1 cm³/mol. The zero-order valence-electron chi connectivity index (χ0n) is 13.3. The molecule has 118 valence electrons. The number of benzene rings is 1. The van der Waals surface area contributed by atoms with E-state index in [1.54, 1.807) is 0 Å². The molecule has 0 unspecified atom stereocenters. The first-order valence-electron chi connectivity index (χ1n) is 7.89. The van der Waals surface area contributed by atoms with Gasteiger partial charge in [0.1, 0.15) is 0 Å². The molecule has 0 bridgehead atoms. The zero-order valence-corrected chi connectivity index (χ0v) is 13.3. The van der Waals surface area contributed by atoms with Gasteiger partial charge in [-0.1, -0.05) is 12.1 Å². The van der Waals surface area contributed by atoms with Crippen molar-refractivity contribution in [3.05, 3.63) is 47.3 Å². The largest absolute Gasteiger partial charge is 0.378 e. The molecule has 0 saturated carbocycles. The molecular weight excluding hydrogens is 276 g/mol. The van der Waals surface area contributed by atoms with E-state index in [4.69, 9.17) is 4.74 Å². The Balaban J connectivity index is 1.58. The van der Waals surface area contributed by atoms with Gasteiger partial charge in [0.2, 0.25) is 0 Å². The van der Waals surface area contributed by atoms with Gasteiger partial charge in [0, 0.05) is 42.6 Å². The van der Waals surface area contributed by atoms with Crippen molar-refractivity contribution in [2.75, 3.05) is 31.2 Å². The Kier molecular flexibility index (Phi) is 4.75. The van der Waals surface area contributed by atoms with E-state index in [2.05, 4.69) is 51.6 Å². The van der Waals surface area contributed by atoms with E-state index in [9.17, 15) is 0 Å². The summed E-state index contributed by atoms with van der Waals surface area (Å²) in [6, 6.07) is 9.16. The number of nitrogens with zero attached hydrogens (tertiary/aromatic N) is 2. The lowest BCUT2D eigenvalue weighted by Gasteiger charge is -2.29. The summed E-state index contributed by atoms with van der Waals surface area (Å²) < 4.78 is 5.40. The van der Waals surface area contributed by atoms with Crippen LogP contribution >= 0.6 is 0 Å². The fourth-order valence-electron chi connectivity index (χ4n) is 2.73. The number of aryl methyl sites for hydroxylation is 1. The number of hydrogen-bond donors (Lipinski definition) is 2. The molecule has 0 amide bonds. The lowest BCUT2D eigenvalue weighted by Crippen LogP contribution is -2.36. The molecule has 1 aliphatic heterocycles. The topological polar surface area (TPSA) is 53.2 Å². The molecule has 1 saturated heterocycles. The van der Waals surface area contributed by atoms with Gasteiger partial charge in [-0.2, -0.15) is 5.10 Å². The SMILES string of the molecule is Cc1[nH]ncc1CN[C@@H](C)c1ccc(N2CCOCC2)cc1. The number of aromatic amines is 1. The number of nitrogens with one attached hydrogen (secondary N) is 2. The van der Waals surface area contributed by atoms with Crippen LogP contribution in [0.3, 0.4) is 0 Å². The number of H-pyrrole nitrogens is 1. The quantitative estimate of drug-likeness (QED) is 0.890. The molecule has 0 spiro atoms. The van der Waals surface area contributed by atoms with Crippen LogP contribution in [0, 0.1) is 6.92 Å². The Morgan fingerprint density at radius 2 is 2.00 bits per heavy atom. The maximum absolute atomic E-state index is 5.40. The summed E-state index contributed by atoms with van der Waals surface area (Å²) >= 11 is 0. The van der Waals surface area contributed by atoms with Crippen molar-refractivity contribution in [2.24, 2.45) is 0 Å². The average molecular weight is 300 g/mol. The van der Waals surface area contributed by atoms with Crippen LogP contribution in [0.4, 0.5) is 5.69 Å². The minimum Gasteiger partial charge on any atom is -0.378 e. The summed E-state index contributed by atoms with van der Waals surface area (Å²) in [6.45, 7) is 8.67. The molecule has 3 rings (SSSR count). The van der Waals surface area contributed by atoms with E-state index < -0.39 is 0 Å². The number of aromatic nitrogens is 2. The van der Waals surface area contributed by atoms with Gasteiger partial charge in [-0.05, 0) is 31.5 Å². The zero-order chi connectivity index (χ0) is 15.4. The van der Waals surface area contributed by atoms with E-state index in [1.807, 2.05) is 13.1 Å². The third-order valence-electron chi connectivity index (χ3n) is 4.30. The van der Waals surface area contributed by atoms with Crippen LogP contribution in [-0.2, 0) is 11.3 Å². The second-order valence-electron chi connectivity index (χ2n) is 5.81. The monoisotopic (exact) mass is 300 g/mol. The van der Waals surface area contributed by atoms with Crippen LogP contribution in [0.15, 0.2) is 30.5 Å². The van der Waals surface area contributed by atoms with Crippen molar-refractivity contribution in [1.82, 2.24) is 15.5 Å². The van der Waals surface area contributed by atoms with Crippen molar-refractivity contribution in [3.8, 4) is 0 Å². The molecule has 0 aliphatic carbocycles. The third-order valence-corrected chi connectivity index (χ3v) is 4.30. The number of rotatable bonds is 5. The first-order chi connectivity index (χ1) is 10.7. The highest BCUT2D eigenvalue weighted by atomic mass is 16.5. The van der Waals surface area contributed by atoms with Crippen molar-refractivity contribution in [2.45, 2.75) is 26.4 Å². The average Bonchev–Trinajstić information content (AvgIpc) is 2.99. The standard InChI is InChI=1S/C17H24N4O/c1-13(18-11-16-12-19-20-14(16)2)15-3-5-17(6-4-15)21-7-9-22-10-8-21/h3-6,12-13,18H,7-11H2,1-2H3,(H,19,20)/t13-/m0/s1. The summed E-state index contributed by atoms with van der Waals surface area (Å²) in [6.07, 6.45) is 1.89. The van der Waals surface area contributed by atoms with Crippen LogP contribution in [0.25, 0.3) is 0 Å². The van der Waals surface area contributed by atoms with Gasteiger partial charge < -0.3 is 15.0 Å². The van der Waals surface area contributed by atoms with Crippen LogP contribution in [0.5, 0.6) is 0 Å². The smallest absolute Gasteiger partial charge is 0.0642 e. The highest BCUT2D eigenvalue weighted by Crippen LogP contribution is 2.20. The fraction of sp³-hybridized carbons (Fsp3) is 0.471. The maximum Gasteiger partial charge on any atom is 0.0642 e. The first kappa shape index (κ1) is 15.1. The van der Waals surface area contributed by atoms with E-state index in [0.29, 0.717) is 6.04 Å². The van der Waals surface area contributed by atoms with E-state index in [-0.39, 0.29) is 0 Å². The summed E-state index contributed by atoms with van der Waals surface area (Å²) in [5.74, 6) is 0. The Hall–Kier alpha value is -1.85. The Morgan fingerprint density at radius 1 is 1.27 bits per heavy atom. The van der Waals surface area contributed by atoms with Crippen molar-refractivity contribution in [1.29, 1.82) is 0 Å².